The van der Waals surface area contributed by atoms with Crippen molar-refractivity contribution in [3.05, 3.63) is 28.0 Å². The van der Waals surface area contributed by atoms with Crippen LogP contribution in [0.25, 0.3) is 0 Å². The second kappa shape index (κ2) is 4.58. The van der Waals surface area contributed by atoms with Crippen LogP contribution in [0.15, 0.2) is 16.6 Å². The zero-order valence-electron chi connectivity index (χ0n) is 7.06. The molecule has 0 saturated heterocycles. The maximum absolute atomic E-state index is 12.9. The second-order valence-electron chi connectivity index (χ2n) is 2.79. The summed E-state index contributed by atoms with van der Waals surface area (Å²) in [6.07, 6.45) is 1.45. The lowest BCUT2D eigenvalue weighted by atomic mass is 10.1. The van der Waals surface area contributed by atoms with Gasteiger partial charge in [-0.1, -0.05) is 0 Å². The van der Waals surface area contributed by atoms with Crippen LogP contribution in [0.5, 0.6) is 5.75 Å². The zero-order valence-corrected chi connectivity index (χ0v) is 8.64. The molecule has 1 aromatic carbocycles. The minimum absolute atomic E-state index is 0.00542. The van der Waals surface area contributed by atoms with Gasteiger partial charge >= 0.3 is 0 Å². The Labute approximate surface area is 84.7 Å². The summed E-state index contributed by atoms with van der Waals surface area (Å²) in [7, 11) is 0. The molecule has 3 N–H and O–H groups in total. The van der Waals surface area contributed by atoms with Crippen LogP contribution >= 0.6 is 15.9 Å². The number of phenolic OH excluding ortho intramolecular Hbond substituents is 1. The molecule has 72 valence electrons. The largest absolute Gasteiger partial charge is 0.508 e. The Morgan fingerprint density at radius 2 is 2.15 bits per heavy atom. The maximum atomic E-state index is 12.9. The molecule has 0 aliphatic rings. The van der Waals surface area contributed by atoms with Gasteiger partial charge in [-0.05, 0) is 46.9 Å². The van der Waals surface area contributed by atoms with Crippen molar-refractivity contribution in [3.63, 3.8) is 0 Å². The molecule has 0 saturated carbocycles. The van der Waals surface area contributed by atoms with E-state index in [-0.39, 0.29) is 5.75 Å². The monoisotopic (exact) mass is 247 g/mol. The van der Waals surface area contributed by atoms with Crippen molar-refractivity contribution in [1.82, 2.24) is 0 Å². The first-order chi connectivity index (χ1) is 6.15. The summed E-state index contributed by atoms with van der Waals surface area (Å²) in [4.78, 5) is 0. The minimum atomic E-state index is -0.450. The van der Waals surface area contributed by atoms with Gasteiger partial charge < -0.3 is 10.8 Å². The highest BCUT2D eigenvalue weighted by atomic mass is 79.9. The number of hydrogen-bond acceptors (Lipinski definition) is 2. The highest BCUT2D eigenvalue weighted by molar-refractivity contribution is 9.10. The Morgan fingerprint density at radius 3 is 2.77 bits per heavy atom. The lowest BCUT2D eigenvalue weighted by Gasteiger charge is -2.04. The van der Waals surface area contributed by atoms with Gasteiger partial charge in [0.15, 0.2) is 0 Å². The number of benzene rings is 1. The third-order valence-electron chi connectivity index (χ3n) is 1.77. The molecule has 0 aliphatic heterocycles. The molecule has 0 radical (unpaired) electrons. The number of aromatic hydroxyl groups is 1. The Hall–Kier alpha value is -0.610. The normalized spacial score (nSPS) is 10.4. The highest BCUT2D eigenvalue weighted by Crippen LogP contribution is 2.26. The van der Waals surface area contributed by atoms with Crippen molar-refractivity contribution < 1.29 is 9.50 Å². The van der Waals surface area contributed by atoms with Crippen molar-refractivity contribution in [2.45, 2.75) is 12.8 Å². The summed E-state index contributed by atoms with van der Waals surface area (Å²) in [6.45, 7) is 0.564. The third-order valence-corrected chi connectivity index (χ3v) is 2.38. The average Bonchev–Trinajstić information content (AvgIpc) is 2.09. The van der Waals surface area contributed by atoms with E-state index < -0.39 is 5.82 Å². The van der Waals surface area contributed by atoms with E-state index in [1.54, 1.807) is 6.07 Å². The number of nitrogens with two attached hydrogens (primary N) is 1. The molecule has 0 fully saturated rings. The molecule has 1 rings (SSSR count). The Morgan fingerprint density at radius 1 is 1.46 bits per heavy atom. The molecule has 0 aliphatic carbocycles. The van der Waals surface area contributed by atoms with Gasteiger partial charge in [-0.3, -0.25) is 0 Å². The average molecular weight is 248 g/mol. The smallest absolute Gasteiger partial charge is 0.141 e. The fraction of sp³-hybridized carbons (Fsp3) is 0.333. The lowest BCUT2D eigenvalue weighted by Crippen LogP contribution is -2.00. The van der Waals surface area contributed by atoms with Gasteiger partial charge in [0.05, 0.1) is 4.47 Å². The molecule has 0 heterocycles. The van der Waals surface area contributed by atoms with Crippen LogP contribution < -0.4 is 5.73 Å². The van der Waals surface area contributed by atoms with E-state index in [2.05, 4.69) is 15.9 Å². The van der Waals surface area contributed by atoms with Crippen molar-refractivity contribution >= 4 is 15.9 Å². The highest BCUT2D eigenvalue weighted by Gasteiger charge is 2.06. The molecule has 0 unspecified atom stereocenters. The molecule has 0 amide bonds. The molecule has 0 bridgehead atoms. The number of rotatable bonds is 3. The first-order valence-electron chi connectivity index (χ1n) is 4.02. The first kappa shape index (κ1) is 10.5. The quantitative estimate of drug-likeness (QED) is 0.861. The third kappa shape index (κ3) is 2.67. The van der Waals surface area contributed by atoms with E-state index >= 15 is 0 Å². The van der Waals surface area contributed by atoms with Crippen molar-refractivity contribution in [2.75, 3.05) is 6.54 Å². The van der Waals surface area contributed by atoms with Gasteiger partial charge in [0.2, 0.25) is 0 Å². The Kier molecular flexibility index (Phi) is 3.69. The molecular formula is C9H11BrFNO. The molecule has 1 aromatic rings. The second-order valence-corrected chi connectivity index (χ2v) is 3.64. The summed E-state index contributed by atoms with van der Waals surface area (Å²) in [6, 6.07) is 2.69. The van der Waals surface area contributed by atoms with Gasteiger partial charge in [0.1, 0.15) is 11.6 Å². The number of phenols is 1. The fourth-order valence-electron chi connectivity index (χ4n) is 1.07. The van der Waals surface area contributed by atoms with Crippen LogP contribution in [0.3, 0.4) is 0 Å². The molecular weight excluding hydrogens is 237 g/mol. The molecule has 0 spiro atoms. The summed E-state index contributed by atoms with van der Waals surface area (Å²) in [5.74, 6) is -0.455. The first-order valence-corrected chi connectivity index (χ1v) is 4.81. The van der Waals surface area contributed by atoms with E-state index in [9.17, 15) is 9.50 Å². The maximum Gasteiger partial charge on any atom is 0.141 e. The fourth-order valence-corrected chi connectivity index (χ4v) is 1.46. The van der Waals surface area contributed by atoms with E-state index in [0.29, 0.717) is 17.4 Å². The van der Waals surface area contributed by atoms with E-state index in [4.69, 9.17) is 5.73 Å². The van der Waals surface area contributed by atoms with Gasteiger partial charge in [-0.15, -0.1) is 0 Å². The molecule has 13 heavy (non-hydrogen) atoms. The summed E-state index contributed by atoms with van der Waals surface area (Å²) >= 11 is 3.05. The van der Waals surface area contributed by atoms with E-state index in [1.165, 1.54) is 0 Å². The van der Waals surface area contributed by atoms with Crippen molar-refractivity contribution in [1.29, 1.82) is 0 Å². The number of halogens is 2. The Bertz CT molecular complexity index is 304. The molecule has 2 nitrogen and oxygen atoms in total. The van der Waals surface area contributed by atoms with Crippen LogP contribution in [0.1, 0.15) is 12.0 Å². The van der Waals surface area contributed by atoms with Gasteiger partial charge in [-0.2, -0.15) is 0 Å². The molecule has 0 atom stereocenters. The van der Waals surface area contributed by atoms with Crippen LogP contribution in [0.4, 0.5) is 4.39 Å². The van der Waals surface area contributed by atoms with E-state index in [1.807, 2.05) is 0 Å². The van der Waals surface area contributed by atoms with Crippen molar-refractivity contribution in [2.24, 2.45) is 5.73 Å². The van der Waals surface area contributed by atoms with Crippen LogP contribution in [0, 0.1) is 5.82 Å². The van der Waals surface area contributed by atoms with Gasteiger partial charge in [-0.25, -0.2) is 4.39 Å². The van der Waals surface area contributed by atoms with Crippen LogP contribution in [0.2, 0.25) is 0 Å². The van der Waals surface area contributed by atoms with Crippen LogP contribution in [-0.2, 0) is 6.42 Å². The van der Waals surface area contributed by atoms with Gasteiger partial charge in [0, 0.05) is 6.07 Å². The minimum Gasteiger partial charge on any atom is -0.508 e. The topological polar surface area (TPSA) is 46.2 Å². The lowest BCUT2D eigenvalue weighted by molar-refractivity contribution is 0.460. The Balaban J connectivity index is 2.88. The summed E-state index contributed by atoms with van der Waals surface area (Å²) < 4.78 is 13.2. The number of hydrogen-bond donors (Lipinski definition) is 2. The predicted octanol–water partition coefficient (Wildman–Crippen LogP) is 2.19. The SMILES string of the molecule is NCCCc1cc(Br)c(F)cc1O. The molecule has 4 heteroatoms. The van der Waals surface area contributed by atoms with Crippen molar-refractivity contribution in [3.8, 4) is 5.75 Å². The summed E-state index contributed by atoms with van der Waals surface area (Å²) in [5, 5.41) is 9.34. The zero-order chi connectivity index (χ0) is 9.84. The van der Waals surface area contributed by atoms with E-state index in [0.717, 1.165) is 18.1 Å². The standard InChI is InChI=1S/C9H11BrFNO/c10-7-4-6(2-1-3-12)9(13)5-8(7)11/h4-5,13H,1-3,12H2. The molecule has 0 aromatic heterocycles. The van der Waals surface area contributed by atoms with Crippen LogP contribution in [-0.4, -0.2) is 11.7 Å². The van der Waals surface area contributed by atoms with Gasteiger partial charge in [0.25, 0.3) is 0 Å². The summed E-state index contributed by atoms with van der Waals surface area (Å²) in [5.41, 5.74) is 6.05. The number of aryl methyl sites for hydroxylation is 1. The predicted molar refractivity (Wildman–Crippen MR) is 53.1 cm³/mol.